The molecule has 1 amide bonds. The second-order valence-electron chi connectivity index (χ2n) is 10.2. The van der Waals surface area contributed by atoms with Crippen LogP contribution < -0.4 is 31.7 Å². The minimum atomic E-state index is -1.16. The number of pyridine rings is 1. The summed E-state index contributed by atoms with van der Waals surface area (Å²) in [5.41, 5.74) is -0.439. The van der Waals surface area contributed by atoms with E-state index in [9.17, 15) is 14.4 Å². The number of nitrogens with zero attached hydrogens (tertiary/aromatic N) is 2. The third-order valence-corrected chi connectivity index (χ3v) is 6.12. The molecule has 11 nitrogen and oxygen atoms in total. The number of carbonyl (C=O) groups is 2. The van der Waals surface area contributed by atoms with Crippen LogP contribution in [0.3, 0.4) is 0 Å². The summed E-state index contributed by atoms with van der Waals surface area (Å²) in [6.45, 7) is 8.80. The number of hydrogen-bond donors (Lipinski definition) is 3. The molecule has 1 saturated carbocycles. The van der Waals surface area contributed by atoms with Gasteiger partial charge in [0.25, 0.3) is 0 Å². The smallest absolute Gasteiger partial charge is 0.444 e. The number of carbonyl (C=O) groups excluding carboxylic acids is 2. The summed E-state index contributed by atoms with van der Waals surface area (Å²) in [7, 11) is 0. The molecular weight excluding hydrogens is 504 g/mol. The SMILES string of the molecule is C=CCOC(=O)Oc1cn(C2CC2)c2c(F)c(N3CCC(NC(=O)OC(C)(C)C)C3)c(F)c(NN)c2c1=O. The van der Waals surface area contributed by atoms with Crippen molar-refractivity contribution in [1.82, 2.24) is 9.88 Å². The molecule has 1 aliphatic carbocycles. The van der Waals surface area contributed by atoms with Crippen molar-refractivity contribution in [1.29, 1.82) is 0 Å². The molecule has 1 atom stereocenters. The van der Waals surface area contributed by atoms with Gasteiger partial charge in [-0.2, -0.15) is 0 Å². The van der Waals surface area contributed by atoms with Gasteiger partial charge in [0.2, 0.25) is 5.43 Å². The highest BCUT2D eigenvalue weighted by Crippen LogP contribution is 2.43. The molecule has 0 spiro atoms. The largest absolute Gasteiger partial charge is 0.514 e. The van der Waals surface area contributed by atoms with Crippen LogP contribution in [-0.2, 0) is 9.47 Å². The Bertz CT molecular complexity index is 1330. The molecule has 2 aromatic rings. The van der Waals surface area contributed by atoms with Gasteiger partial charge in [0.05, 0.1) is 23.1 Å². The number of ether oxygens (including phenoxy) is 3. The average molecular weight is 536 g/mol. The van der Waals surface area contributed by atoms with Crippen LogP contribution in [0.25, 0.3) is 10.9 Å². The molecule has 1 aliphatic heterocycles. The molecule has 1 unspecified atom stereocenters. The Kier molecular flexibility index (Phi) is 7.49. The van der Waals surface area contributed by atoms with Crippen LogP contribution in [0.4, 0.5) is 29.7 Å². The van der Waals surface area contributed by atoms with E-state index in [0.717, 1.165) is 0 Å². The van der Waals surface area contributed by atoms with Crippen LogP contribution in [0.5, 0.6) is 5.75 Å². The topological polar surface area (TPSA) is 137 Å². The summed E-state index contributed by atoms with van der Waals surface area (Å²) in [4.78, 5) is 38.9. The van der Waals surface area contributed by atoms with Crippen molar-refractivity contribution in [3.05, 3.63) is 40.7 Å². The van der Waals surface area contributed by atoms with Crippen LogP contribution in [0.15, 0.2) is 23.6 Å². The van der Waals surface area contributed by atoms with Crippen LogP contribution in [0.2, 0.25) is 0 Å². The van der Waals surface area contributed by atoms with Crippen molar-refractivity contribution in [2.75, 3.05) is 30.0 Å². The molecule has 2 fully saturated rings. The van der Waals surface area contributed by atoms with Crippen LogP contribution >= 0.6 is 0 Å². The third kappa shape index (κ3) is 5.52. The van der Waals surface area contributed by atoms with E-state index in [1.807, 2.05) is 0 Å². The van der Waals surface area contributed by atoms with E-state index in [1.54, 1.807) is 20.8 Å². The van der Waals surface area contributed by atoms with Gasteiger partial charge in [0, 0.05) is 19.1 Å². The monoisotopic (exact) mass is 535 g/mol. The lowest BCUT2D eigenvalue weighted by molar-refractivity contribution is 0.0508. The molecule has 2 heterocycles. The fraction of sp³-hybridized carbons (Fsp3) is 0.480. The fourth-order valence-electron chi connectivity index (χ4n) is 4.43. The maximum absolute atomic E-state index is 16.1. The van der Waals surface area contributed by atoms with Gasteiger partial charge in [-0.3, -0.25) is 10.6 Å². The van der Waals surface area contributed by atoms with Crippen molar-refractivity contribution in [3.8, 4) is 5.75 Å². The number of rotatable bonds is 7. The zero-order valence-corrected chi connectivity index (χ0v) is 21.4. The molecule has 2 aliphatic rings. The summed E-state index contributed by atoms with van der Waals surface area (Å²) in [6, 6.07) is -0.611. The Morgan fingerprint density at radius 2 is 1.95 bits per heavy atom. The summed E-state index contributed by atoms with van der Waals surface area (Å²) >= 11 is 0. The minimum Gasteiger partial charge on any atom is -0.444 e. The van der Waals surface area contributed by atoms with Crippen LogP contribution in [0, 0.1) is 11.6 Å². The number of nitrogens with one attached hydrogen (secondary N) is 2. The van der Waals surface area contributed by atoms with Gasteiger partial charge < -0.3 is 34.4 Å². The Labute approximate surface area is 217 Å². The molecule has 4 N–H and O–H groups in total. The number of aromatic nitrogens is 1. The lowest BCUT2D eigenvalue weighted by Crippen LogP contribution is -2.40. The van der Waals surface area contributed by atoms with Gasteiger partial charge in [-0.05, 0) is 40.0 Å². The normalized spacial score (nSPS) is 17.3. The number of alkyl carbamates (subject to hydrolysis) is 1. The van der Waals surface area contributed by atoms with Crippen molar-refractivity contribution in [2.24, 2.45) is 5.84 Å². The number of nitrogen functional groups attached to an aromatic ring is 1. The van der Waals surface area contributed by atoms with E-state index in [4.69, 9.17) is 20.1 Å². The second-order valence-corrected chi connectivity index (χ2v) is 10.2. The first-order valence-electron chi connectivity index (χ1n) is 12.2. The van der Waals surface area contributed by atoms with Gasteiger partial charge in [-0.15, -0.1) is 0 Å². The molecule has 13 heteroatoms. The molecule has 38 heavy (non-hydrogen) atoms. The Hall–Kier alpha value is -3.87. The Balaban J connectivity index is 1.75. The van der Waals surface area contributed by atoms with E-state index in [2.05, 4.69) is 17.3 Å². The first kappa shape index (κ1) is 27.2. The van der Waals surface area contributed by atoms with E-state index in [0.29, 0.717) is 19.3 Å². The van der Waals surface area contributed by atoms with Crippen molar-refractivity contribution >= 4 is 34.5 Å². The van der Waals surface area contributed by atoms with Gasteiger partial charge in [0.1, 0.15) is 23.6 Å². The predicted molar refractivity (Wildman–Crippen MR) is 136 cm³/mol. The number of halogens is 2. The highest BCUT2D eigenvalue weighted by Gasteiger charge is 2.35. The lowest BCUT2D eigenvalue weighted by atomic mass is 10.1. The zero-order valence-electron chi connectivity index (χ0n) is 21.4. The first-order valence-corrected chi connectivity index (χ1v) is 12.2. The number of amides is 1. The summed E-state index contributed by atoms with van der Waals surface area (Å²) in [5.74, 6) is 3.12. The molecule has 0 bridgehead atoms. The van der Waals surface area contributed by atoms with E-state index in [1.165, 1.54) is 21.7 Å². The molecular formula is C25H31F2N5O6. The molecule has 1 aromatic heterocycles. The second kappa shape index (κ2) is 10.5. The molecule has 4 rings (SSSR count). The summed E-state index contributed by atoms with van der Waals surface area (Å²) < 4.78 is 48.5. The summed E-state index contributed by atoms with van der Waals surface area (Å²) in [5, 5.41) is 2.33. The van der Waals surface area contributed by atoms with Gasteiger partial charge in [0.15, 0.2) is 17.4 Å². The van der Waals surface area contributed by atoms with E-state index >= 15 is 8.78 Å². The average Bonchev–Trinajstić information content (AvgIpc) is 3.58. The quantitative estimate of drug-likeness (QED) is 0.210. The minimum absolute atomic E-state index is 0.104. The van der Waals surface area contributed by atoms with Crippen LogP contribution in [-0.4, -0.2) is 48.2 Å². The van der Waals surface area contributed by atoms with Crippen LogP contribution in [0.1, 0.15) is 46.1 Å². The maximum atomic E-state index is 16.1. The Morgan fingerprint density at radius 1 is 1.24 bits per heavy atom. The predicted octanol–water partition coefficient (Wildman–Crippen LogP) is 3.71. The molecule has 0 radical (unpaired) electrons. The lowest BCUT2D eigenvalue weighted by Gasteiger charge is -2.25. The maximum Gasteiger partial charge on any atom is 0.514 e. The third-order valence-electron chi connectivity index (χ3n) is 6.12. The molecule has 1 aromatic carbocycles. The standard InChI is InChI=1S/C25H31F2N5O6/c1-5-10-36-24(35)37-15-12-32(14-6-7-14)20-16(22(15)33)19(30-28)17(26)21(18(20)27)31-9-8-13(11-31)29-23(34)38-25(2,3)4/h5,12-14,30H,1,6-11,28H2,2-4H3,(H,29,34). The Morgan fingerprint density at radius 3 is 2.55 bits per heavy atom. The highest BCUT2D eigenvalue weighted by atomic mass is 19.1. The van der Waals surface area contributed by atoms with Crippen molar-refractivity contribution in [2.45, 2.75) is 57.7 Å². The van der Waals surface area contributed by atoms with Crippen molar-refractivity contribution < 1.29 is 32.6 Å². The number of hydrogen-bond acceptors (Lipinski definition) is 9. The van der Waals surface area contributed by atoms with Gasteiger partial charge in [-0.1, -0.05) is 12.7 Å². The summed E-state index contributed by atoms with van der Waals surface area (Å²) in [6.07, 6.45) is 2.52. The van der Waals surface area contributed by atoms with Crippen molar-refractivity contribution in [3.63, 3.8) is 0 Å². The zero-order chi connectivity index (χ0) is 27.8. The van der Waals surface area contributed by atoms with E-state index in [-0.39, 0.29) is 36.9 Å². The van der Waals surface area contributed by atoms with E-state index < -0.39 is 57.8 Å². The number of anilines is 2. The van der Waals surface area contributed by atoms with Gasteiger partial charge >= 0.3 is 12.2 Å². The molecule has 206 valence electrons. The number of hydrazine groups is 1. The van der Waals surface area contributed by atoms with Gasteiger partial charge in [-0.25, -0.2) is 18.4 Å². The number of fused-ring (bicyclic) bond motifs is 1. The highest BCUT2D eigenvalue weighted by molar-refractivity contribution is 5.97. The first-order chi connectivity index (χ1) is 17.9. The molecule has 1 saturated heterocycles. The number of nitrogens with two attached hydrogens (primary N) is 1. The number of benzene rings is 1. The fourth-order valence-corrected chi connectivity index (χ4v) is 4.43.